The molecule has 1 atom stereocenters. The van der Waals surface area contributed by atoms with Crippen molar-refractivity contribution in [1.29, 1.82) is 0 Å². The predicted octanol–water partition coefficient (Wildman–Crippen LogP) is 4.25. The van der Waals surface area contributed by atoms with Crippen molar-refractivity contribution in [2.24, 2.45) is 7.05 Å². The number of aliphatic hydroxyl groups is 1. The number of aryl methyl sites for hydroxylation is 1. The van der Waals surface area contributed by atoms with Crippen molar-refractivity contribution in [3.05, 3.63) is 66.0 Å². The van der Waals surface area contributed by atoms with Crippen LogP contribution in [-0.4, -0.2) is 65.4 Å². The first-order valence-corrected chi connectivity index (χ1v) is 11.4. The number of hydrogen-bond donors (Lipinski definition) is 1. The van der Waals surface area contributed by atoms with E-state index in [2.05, 4.69) is 4.90 Å². The lowest BCUT2D eigenvalue weighted by atomic mass is 10.1. The molecule has 0 amide bonds. The van der Waals surface area contributed by atoms with E-state index in [0.29, 0.717) is 37.9 Å². The monoisotopic (exact) mass is 471 g/mol. The topological polar surface area (TPSA) is 69.0 Å². The number of rotatable bonds is 13. The van der Waals surface area contributed by atoms with Gasteiger partial charge in [0.25, 0.3) is 0 Å². The molecule has 2 aromatic carbocycles. The molecule has 3 rings (SSSR count). The van der Waals surface area contributed by atoms with Crippen molar-refractivity contribution in [2.45, 2.75) is 32.6 Å². The summed E-state index contributed by atoms with van der Waals surface area (Å²) in [4.78, 5) is 2.10. The maximum absolute atomic E-state index is 13.4. The fraction of sp³-hybridized carbons (Fsp3) is 0.423. The zero-order valence-electron chi connectivity index (χ0n) is 20.3. The largest absolute Gasteiger partial charge is 0.439 e. The highest BCUT2D eigenvalue weighted by Crippen LogP contribution is 2.34. The van der Waals surface area contributed by atoms with Gasteiger partial charge in [0.2, 0.25) is 5.88 Å². The molecule has 0 aliphatic rings. The third-order valence-electron chi connectivity index (χ3n) is 5.25. The molecule has 0 spiro atoms. The number of aliphatic hydroxyl groups excluding tert-OH is 1. The van der Waals surface area contributed by atoms with Crippen molar-refractivity contribution in [1.82, 2.24) is 14.7 Å². The van der Waals surface area contributed by atoms with E-state index in [1.165, 1.54) is 12.1 Å². The minimum atomic E-state index is -0.655. The Labute approximate surface area is 200 Å². The highest BCUT2D eigenvalue weighted by Gasteiger charge is 2.23. The lowest BCUT2D eigenvalue weighted by molar-refractivity contribution is -0.0121. The molecule has 8 heteroatoms. The molecule has 1 heterocycles. The minimum absolute atomic E-state index is 0.0424. The van der Waals surface area contributed by atoms with E-state index in [4.69, 9.17) is 19.3 Å². The smallest absolute Gasteiger partial charge is 0.222 e. The summed E-state index contributed by atoms with van der Waals surface area (Å²) >= 11 is 0. The molecule has 0 aliphatic heterocycles. The molecule has 1 N–H and O–H groups in total. The molecule has 0 bridgehead atoms. The molecular formula is C26H34FN3O4. The van der Waals surface area contributed by atoms with Crippen LogP contribution in [0.3, 0.4) is 0 Å². The molecule has 184 valence electrons. The average molecular weight is 472 g/mol. The summed E-state index contributed by atoms with van der Waals surface area (Å²) in [7, 11) is 3.47. The maximum atomic E-state index is 13.4. The first-order chi connectivity index (χ1) is 16.4. The Morgan fingerprint density at radius 3 is 2.44 bits per heavy atom. The number of ether oxygens (including phenoxy) is 3. The highest BCUT2D eigenvalue weighted by atomic mass is 19.1. The van der Waals surface area contributed by atoms with Crippen LogP contribution in [0, 0.1) is 5.82 Å². The second-order valence-corrected chi connectivity index (χ2v) is 8.44. The standard InChI is InChI=1S/C26H34FN3O4/c1-19(2)33-18-22(31)16-30(14-15-32-4)17-24-25(20-8-6-5-7-9-20)28-29(3)26(24)34-23-12-10-21(27)11-13-23/h5-13,19,22,31H,14-18H2,1-4H3. The van der Waals surface area contributed by atoms with Crippen molar-refractivity contribution in [2.75, 3.05) is 33.4 Å². The lowest BCUT2D eigenvalue weighted by Crippen LogP contribution is -2.37. The van der Waals surface area contributed by atoms with Gasteiger partial charge in [-0.1, -0.05) is 30.3 Å². The molecule has 0 aliphatic carbocycles. The van der Waals surface area contributed by atoms with Gasteiger partial charge in [-0.05, 0) is 38.1 Å². The molecular weight excluding hydrogens is 437 g/mol. The van der Waals surface area contributed by atoms with E-state index in [1.807, 2.05) is 51.2 Å². The van der Waals surface area contributed by atoms with Crippen molar-refractivity contribution in [3.63, 3.8) is 0 Å². The molecule has 34 heavy (non-hydrogen) atoms. The normalized spacial score (nSPS) is 12.5. The molecule has 7 nitrogen and oxygen atoms in total. The quantitative estimate of drug-likeness (QED) is 0.402. The van der Waals surface area contributed by atoms with Crippen LogP contribution in [0.4, 0.5) is 4.39 Å². The van der Waals surface area contributed by atoms with Crippen LogP contribution >= 0.6 is 0 Å². The van der Waals surface area contributed by atoms with Gasteiger partial charge in [-0.25, -0.2) is 9.07 Å². The molecule has 0 saturated heterocycles. The van der Waals surface area contributed by atoms with Gasteiger partial charge in [-0.3, -0.25) is 4.90 Å². The SMILES string of the molecule is COCCN(Cc1c(-c2ccccc2)nn(C)c1Oc1ccc(F)cc1)CC(O)COC(C)C. The minimum Gasteiger partial charge on any atom is -0.439 e. The summed E-state index contributed by atoms with van der Waals surface area (Å²) in [6, 6.07) is 15.8. The lowest BCUT2D eigenvalue weighted by Gasteiger charge is -2.25. The molecule has 1 aromatic heterocycles. The first-order valence-electron chi connectivity index (χ1n) is 11.4. The van der Waals surface area contributed by atoms with Gasteiger partial charge in [0.1, 0.15) is 17.3 Å². The number of halogens is 1. The Kier molecular flexibility index (Phi) is 9.59. The molecule has 0 saturated carbocycles. The van der Waals surface area contributed by atoms with Gasteiger partial charge in [0.05, 0.1) is 31.0 Å². The third-order valence-corrected chi connectivity index (χ3v) is 5.25. The van der Waals surface area contributed by atoms with Crippen LogP contribution in [0.5, 0.6) is 11.6 Å². The summed E-state index contributed by atoms with van der Waals surface area (Å²) in [6.07, 6.45) is -0.613. The summed E-state index contributed by atoms with van der Waals surface area (Å²) in [6.45, 7) is 6.11. The van der Waals surface area contributed by atoms with Gasteiger partial charge < -0.3 is 19.3 Å². The zero-order valence-corrected chi connectivity index (χ0v) is 20.3. The number of hydrogen-bond acceptors (Lipinski definition) is 6. The summed E-state index contributed by atoms with van der Waals surface area (Å²) in [5.74, 6) is 0.741. The van der Waals surface area contributed by atoms with Gasteiger partial charge >= 0.3 is 0 Å². The maximum Gasteiger partial charge on any atom is 0.222 e. The fourth-order valence-corrected chi connectivity index (χ4v) is 3.60. The summed E-state index contributed by atoms with van der Waals surface area (Å²) in [5, 5.41) is 15.3. The molecule has 3 aromatic rings. The Hall–Kier alpha value is -2.78. The van der Waals surface area contributed by atoms with Crippen LogP contribution in [0.1, 0.15) is 19.4 Å². The Morgan fingerprint density at radius 2 is 1.79 bits per heavy atom. The van der Waals surface area contributed by atoms with E-state index in [-0.39, 0.29) is 18.5 Å². The van der Waals surface area contributed by atoms with Gasteiger partial charge in [-0.2, -0.15) is 5.10 Å². The highest BCUT2D eigenvalue weighted by molar-refractivity contribution is 5.65. The second kappa shape index (κ2) is 12.6. The van der Waals surface area contributed by atoms with Crippen LogP contribution in [0.25, 0.3) is 11.3 Å². The molecule has 0 radical (unpaired) electrons. The zero-order chi connectivity index (χ0) is 24.5. The van der Waals surface area contributed by atoms with Crippen LogP contribution in [0.2, 0.25) is 0 Å². The molecule has 0 fully saturated rings. The van der Waals surface area contributed by atoms with Crippen molar-refractivity contribution < 1.29 is 23.7 Å². The van der Waals surface area contributed by atoms with E-state index >= 15 is 0 Å². The number of aromatic nitrogens is 2. The van der Waals surface area contributed by atoms with E-state index in [0.717, 1.165) is 16.8 Å². The Balaban J connectivity index is 1.93. The predicted molar refractivity (Wildman–Crippen MR) is 129 cm³/mol. The number of benzene rings is 2. The summed E-state index contributed by atoms with van der Waals surface area (Å²) < 4.78 is 32.2. The first kappa shape index (κ1) is 25.8. The molecule has 1 unspecified atom stereocenters. The van der Waals surface area contributed by atoms with Crippen molar-refractivity contribution in [3.8, 4) is 22.9 Å². The fourth-order valence-electron chi connectivity index (χ4n) is 3.60. The Bertz CT molecular complexity index is 1010. The van der Waals surface area contributed by atoms with Gasteiger partial charge in [0.15, 0.2) is 0 Å². The second-order valence-electron chi connectivity index (χ2n) is 8.44. The number of nitrogens with zero attached hydrogens (tertiary/aromatic N) is 3. The average Bonchev–Trinajstić information content (AvgIpc) is 3.13. The van der Waals surface area contributed by atoms with Crippen LogP contribution in [0.15, 0.2) is 54.6 Å². The van der Waals surface area contributed by atoms with E-state index in [1.54, 1.807) is 23.9 Å². The van der Waals surface area contributed by atoms with Crippen LogP contribution in [-0.2, 0) is 23.1 Å². The number of methoxy groups -OCH3 is 1. The summed E-state index contributed by atoms with van der Waals surface area (Å²) in [5.41, 5.74) is 2.61. The van der Waals surface area contributed by atoms with Gasteiger partial charge in [0, 0.05) is 39.4 Å². The third kappa shape index (κ3) is 7.36. The van der Waals surface area contributed by atoms with E-state index < -0.39 is 6.10 Å². The van der Waals surface area contributed by atoms with Crippen LogP contribution < -0.4 is 4.74 Å². The van der Waals surface area contributed by atoms with E-state index in [9.17, 15) is 9.50 Å². The Morgan fingerprint density at radius 1 is 1.09 bits per heavy atom. The van der Waals surface area contributed by atoms with Crippen molar-refractivity contribution >= 4 is 0 Å². The van der Waals surface area contributed by atoms with Gasteiger partial charge in [-0.15, -0.1) is 0 Å².